The van der Waals surface area contributed by atoms with Gasteiger partial charge in [0.1, 0.15) is 6.54 Å². The Bertz CT molecular complexity index is 1280. The maximum absolute atomic E-state index is 12.8. The second-order valence-electron chi connectivity index (χ2n) is 6.91. The fourth-order valence-corrected chi connectivity index (χ4v) is 4.19. The van der Waals surface area contributed by atoms with Gasteiger partial charge in [-0.05, 0) is 31.2 Å². The second kappa shape index (κ2) is 9.65. The molecule has 9 nitrogen and oxygen atoms in total. The summed E-state index contributed by atoms with van der Waals surface area (Å²) in [4.78, 5) is 24.6. The Morgan fingerprint density at radius 2 is 1.75 bits per heavy atom. The molecule has 10 heteroatoms. The summed E-state index contributed by atoms with van der Waals surface area (Å²) in [5.74, 6) is 0.484. The van der Waals surface area contributed by atoms with Gasteiger partial charge in [-0.25, -0.2) is 13.1 Å². The highest BCUT2D eigenvalue weighted by Gasteiger charge is 2.21. The normalized spacial score (nSPS) is 11.1. The first kappa shape index (κ1) is 23.0. The maximum atomic E-state index is 12.8. The average molecular weight is 458 g/mol. The Hall–Kier alpha value is -3.66. The van der Waals surface area contributed by atoms with Gasteiger partial charge in [0, 0.05) is 18.2 Å². The summed E-state index contributed by atoms with van der Waals surface area (Å²) in [6.07, 6.45) is 0. The molecule has 32 heavy (non-hydrogen) atoms. The first-order chi connectivity index (χ1) is 15.3. The van der Waals surface area contributed by atoms with Gasteiger partial charge < -0.3 is 14.8 Å². The Morgan fingerprint density at radius 1 is 1.03 bits per heavy atom. The lowest BCUT2D eigenvalue weighted by molar-refractivity contribution is -0.122. The molecule has 0 aliphatic rings. The molecule has 0 aliphatic carbocycles. The van der Waals surface area contributed by atoms with Gasteiger partial charge in [-0.15, -0.1) is 0 Å². The Kier molecular flexibility index (Phi) is 6.94. The van der Waals surface area contributed by atoms with Crippen molar-refractivity contribution in [3.8, 4) is 11.5 Å². The van der Waals surface area contributed by atoms with Crippen LogP contribution in [0.5, 0.6) is 11.5 Å². The number of nitrogens with one attached hydrogen (secondary N) is 1. The van der Waals surface area contributed by atoms with Crippen LogP contribution in [0.25, 0.3) is 0 Å². The number of ether oxygens (including phenoxy) is 2. The second-order valence-corrected chi connectivity index (χ2v) is 8.81. The van der Waals surface area contributed by atoms with Crippen molar-refractivity contribution < 1.29 is 22.7 Å². The van der Waals surface area contributed by atoms with Crippen LogP contribution >= 0.6 is 0 Å². The molecule has 0 saturated carbocycles. The summed E-state index contributed by atoms with van der Waals surface area (Å²) in [7, 11) is -0.933. The predicted molar refractivity (Wildman–Crippen MR) is 117 cm³/mol. The number of aryl methyl sites for hydroxylation is 1. The number of hydrogen-bond donors (Lipinski definition) is 1. The van der Waals surface area contributed by atoms with Crippen molar-refractivity contribution in [3.05, 3.63) is 76.1 Å². The molecule has 0 bridgehead atoms. The van der Waals surface area contributed by atoms with Crippen molar-refractivity contribution in [2.45, 2.75) is 29.9 Å². The van der Waals surface area contributed by atoms with Crippen molar-refractivity contribution in [1.29, 1.82) is 0 Å². The number of rotatable bonds is 8. The molecule has 3 rings (SSSR count). The number of amides is 1. The molecule has 0 radical (unpaired) electrons. The minimum Gasteiger partial charge on any atom is -0.493 e. The van der Waals surface area contributed by atoms with Crippen molar-refractivity contribution in [3.63, 3.8) is 0 Å². The van der Waals surface area contributed by atoms with E-state index in [2.05, 4.69) is 10.4 Å². The number of carbonyl (C=O) groups excluding carboxylic acids is 1. The Morgan fingerprint density at radius 3 is 2.41 bits per heavy atom. The van der Waals surface area contributed by atoms with E-state index in [0.29, 0.717) is 17.1 Å². The minimum atomic E-state index is -3.94. The number of para-hydroxylation sites is 1. The van der Waals surface area contributed by atoms with E-state index in [0.717, 1.165) is 22.4 Å². The molecule has 1 aromatic heterocycles. The third-order valence-electron chi connectivity index (χ3n) is 4.70. The molecule has 1 amide bonds. The molecule has 3 aromatic rings. The first-order valence-electron chi connectivity index (χ1n) is 9.62. The number of hydrogen-bond acceptors (Lipinski definition) is 7. The lowest BCUT2D eigenvalue weighted by Gasteiger charge is -2.13. The number of methoxy groups -OCH3 is 2. The van der Waals surface area contributed by atoms with E-state index < -0.39 is 27.8 Å². The topological polar surface area (TPSA) is 117 Å². The van der Waals surface area contributed by atoms with Crippen molar-refractivity contribution in [1.82, 2.24) is 15.1 Å². The zero-order chi connectivity index (χ0) is 23.3. The van der Waals surface area contributed by atoms with E-state index in [1.54, 1.807) is 30.3 Å². The fourth-order valence-electron chi connectivity index (χ4n) is 3.00. The van der Waals surface area contributed by atoms with E-state index in [1.165, 1.54) is 26.4 Å². The number of nitrogens with zero attached hydrogens (tertiary/aromatic N) is 2. The van der Waals surface area contributed by atoms with Crippen LogP contribution in [0, 0.1) is 6.92 Å². The highest BCUT2D eigenvalue weighted by molar-refractivity contribution is 7.91. The number of carbonyl (C=O) groups is 1. The van der Waals surface area contributed by atoms with Crippen LogP contribution in [-0.4, -0.2) is 38.3 Å². The number of aromatic nitrogens is 2. The SMILES string of the molecule is COc1cccc(CNC(=O)Cn2nc(S(=O)(=O)c3ccc(C)cc3)ccc2=O)c1OC. The third-order valence-corrected chi connectivity index (χ3v) is 6.36. The maximum Gasteiger partial charge on any atom is 0.267 e. The quantitative estimate of drug-likeness (QED) is 0.547. The monoisotopic (exact) mass is 457 g/mol. The molecular weight excluding hydrogens is 434 g/mol. The molecule has 168 valence electrons. The lowest BCUT2D eigenvalue weighted by Crippen LogP contribution is -2.33. The largest absolute Gasteiger partial charge is 0.493 e. The molecule has 1 heterocycles. The summed E-state index contributed by atoms with van der Waals surface area (Å²) >= 11 is 0. The van der Waals surface area contributed by atoms with Crippen molar-refractivity contribution in [2.75, 3.05) is 14.2 Å². The molecule has 0 aliphatic heterocycles. The zero-order valence-electron chi connectivity index (χ0n) is 17.9. The first-order valence-corrected chi connectivity index (χ1v) is 11.1. The van der Waals surface area contributed by atoms with Gasteiger partial charge in [-0.2, -0.15) is 5.10 Å². The van der Waals surface area contributed by atoms with Gasteiger partial charge in [0.2, 0.25) is 15.7 Å². The molecule has 0 atom stereocenters. The van der Waals surface area contributed by atoms with E-state index >= 15 is 0 Å². The highest BCUT2D eigenvalue weighted by atomic mass is 32.2. The van der Waals surface area contributed by atoms with Gasteiger partial charge in [-0.1, -0.05) is 29.8 Å². The fraction of sp³-hybridized carbons (Fsp3) is 0.227. The van der Waals surface area contributed by atoms with E-state index in [1.807, 2.05) is 6.92 Å². The van der Waals surface area contributed by atoms with E-state index in [9.17, 15) is 18.0 Å². The van der Waals surface area contributed by atoms with Crippen LogP contribution in [0.1, 0.15) is 11.1 Å². The minimum absolute atomic E-state index is 0.0513. The van der Waals surface area contributed by atoms with E-state index in [4.69, 9.17) is 9.47 Å². The van der Waals surface area contributed by atoms with Crippen LogP contribution in [0.3, 0.4) is 0 Å². The van der Waals surface area contributed by atoms with Crippen LogP contribution in [0.2, 0.25) is 0 Å². The summed E-state index contributed by atoms with van der Waals surface area (Å²) in [6, 6.07) is 13.7. The third kappa shape index (κ3) is 4.97. The molecular formula is C22H23N3O6S. The standard InChI is InChI=1S/C22H23N3O6S/c1-15-7-9-17(10-8-15)32(28,29)20-11-12-21(27)25(24-20)14-19(26)23-13-16-5-4-6-18(30-2)22(16)31-3/h4-12H,13-14H2,1-3H3,(H,23,26). The molecule has 0 fully saturated rings. The zero-order valence-corrected chi connectivity index (χ0v) is 18.7. The molecule has 2 aromatic carbocycles. The Labute approximate surface area is 185 Å². The molecule has 0 saturated heterocycles. The van der Waals surface area contributed by atoms with Crippen molar-refractivity contribution >= 4 is 15.7 Å². The summed E-state index contributed by atoms with van der Waals surface area (Å²) in [5, 5.41) is 6.27. The summed E-state index contributed by atoms with van der Waals surface area (Å²) < 4.78 is 37.0. The molecule has 0 unspecified atom stereocenters. The van der Waals surface area contributed by atoms with Gasteiger partial charge in [-0.3, -0.25) is 9.59 Å². The van der Waals surface area contributed by atoms with Crippen LogP contribution < -0.4 is 20.3 Å². The number of sulfone groups is 1. The predicted octanol–water partition coefficient (Wildman–Crippen LogP) is 1.72. The van der Waals surface area contributed by atoms with Gasteiger partial charge in [0.15, 0.2) is 16.5 Å². The smallest absolute Gasteiger partial charge is 0.267 e. The highest BCUT2D eigenvalue weighted by Crippen LogP contribution is 2.30. The van der Waals surface area contributed by atoms with Crippen LogP contribution in [0.4, 0.5) is 0 Å². The summed E-state index contributed by atoms with van der Waals surface area (Å²) in [5.41, 5.74) is 0.990. The number of benzene rings is 2. The van der Waals surface area contributed by atoms with Crippen LogP contribution in [0.15, 0.2) is 69.3 Å². The average Bonchev–Trinajstić information content (AvgIpc) is 2.78. The van der Waals surface area contributed by atoms with E-state index in [-0.39, 0.29) is 16.5 Å². The van der Waals surface area contributed by atoms with Gasteiger partial charge >= 0.3 is 0 Å². The summed E-state index contributed by atoms with van der Waals surface area (Å²) in [6.45, 7) is 1.52. The molecule has 0 spiro atoms. The van der Waals surface area contributed by atoms with Crippen LogP contribution in [-0.2, 0) is 27.7 Å². The van der Waals surface area contributed by atoms with Gasteiger partial charge in [0.05, 0.1) is 19.1 Å². The van der Waals surface area contributed by atoms with Gasteiger partial charge in [0.25, 0.3) is 5.56 Å². The lowest BCUT2D eigenvalue weighted by atomic mass is 10.2. The molecule has 1 N–H and O–H groups in total. The Balaban J connectivity index is 1.78. The van der Waals surface area contributed by atoms with Crippen molar-refractivity contribution in [2.24, 2.45) is 0 Å².